The summed E-state index contributed by atoms with van der Waals surface area (Å²) in [4.78, 5) is 18.3. The van der Waals surface area contributed by atoms with Gasteiger partial charge in [-0.05, 0) is 35.7 Å². The Bertz CT molecular complexity index is 984. The van der Waals surface area contributed by atoms with Crippen molar-refractivity contribution in [3.05, 3.63) is 54.4 Å². The number of esters is 1. The van der Waals surface area contributed by atoms with E-state index in [0.29, 0.717) is 11.5 Å². The lowest BCUT2D eigenvalue weighted by Gasteiger charge is -2.21. The van der Waals surface area contributed by atoms with Crippen LogP contribution >= 0.6 is 0 Å². The van der Waals surface area contributed by atoms with Gasteiger partial charge in [0, 0.05) is 19.0 Å². The number of H-pyrrole nitrogens is 1. The maximum absolute atomic E-state index is 12.5. The van der Waals surface area contributed by atoms with Crippen LogP contribution in [0.2, 0.25) is 0 Å². The first-order valence-electron chi connectivity index (χ1n) is 9.42. The summed E-state index contributed by atoms with van der Waals surface area (Å²) >= 11 is 0. The van der Waals surface area contributed by atoms with Gasteiger partial charge >= 0.3 is 12.1 Å². The van der Waals surface area contributed by atoms with Crippen LogP contribution in [-0.2, 0) is 16.1 Å². The van der Waals surface area contributed by atoms with E-state index in [9.17, 15) is 18.0 Å². The zero-order chi connectivity index (χ0) is 21.7. The number of carbonyl (C=O) groups is 1. The monoisotopic (exact) mass is 421 g/mol. The fourth-order valence-corrected chi connectivity index (χ4v) is 2.82. The zero-order valence-corrected chi connectivity index (χ0v) is 16.5. The highest BCUT2D eigenvalue weighted by atomic mass is 19.4. The molecular formula is C21H22F3N3O3. The molecule has 0 amide bonds. The highest BCUT2D eigenvalue weighted by molar-refractivity contribution is 5.76. The third-order valence-corrected chi connectivity index (χ3v) is 4.25. The Labute approximate surface area is 171 Å². The highest BCUT2D eigenvalue weighted by Crippen LogP contribution is 2.25. The first-order valence-corrected chi connectivity index (χ1v) is 9.42. The molecule has 2 aromatic carbocycles. The molecule has 0 saturated carbocycles. The van der Waals surface area contributed by atoms with Crippen molar-refractivity contribution in [1.82, 2.24) is 15.3 Å². The lowest BCUT2D eigenvalue weighted by atomic mass is 10.1. The summed E-state index contributed by atoms with van der Waals surface area (Å²) in [5, 5.41) is 2.86. The van der Waals surface area contributed by atoms with E-state index in [0.717, 1.165) is 16.6 Å². The molecule has 0 aliphatic heterocycles. The van der Waals surface area contributed by atoms with Gasteiger partial charge in [0.25, 0.3) is 0 Å². The van der Waals surface area contributed by atoms with Gasteiger partial charge in [-0.3, -0.25) is 5.32 Å². The molecule has 0 radical (unpaired) electrons. The SMILES string of the molecule is CC(C)CC(NCc1ccc(Oc2ccc3[nH]cnc3c2)cc1)OC(=O)C(F)(F)F. The number of nitrogens with one attached hydrogen (secondary N) is 2. The summed E-state index contributed by atoms with van der Waals surface area (Å²) < 4.78 is 47.8. The number of fused-ring (bicyclic) bond motifs is 1. The number of aromatic amines is 1. The van der Waals surface area contributed by atoms with Crippen LogP contribution in [0.25, 0.3) is 11.0 Å². The van der Waals surface area contributed by atoms with Crippen molar-refractivity contribution in [3.63, 3.8) is 0 Å². The summed E-state index contributed by atoms with van der Waals surface area (Å²) in [6.07, 6.45) is -4.18. The van der Waals surface area contributed by atoms with E-state index in [2.05, 4.69) is 20.0 Å². The molecule has 9 heteroatoms. The molecule has 1 unspecified atom stereocenters. The number of hydrogen-bond acceptors (Lipinski definition) is 5. The zero-order valence-electron chi connectivity index (χ0n) is 16.5. The molecule has 0 fully saturated rings. The summed E-state index contributed by atoms with van der Waals surface area (Å²) in [7, 11) is 0. The molecular weight excluding hydrogens is 399 g/mol. The minimum Gasteiger partial charge on any atom is -0.457 e. The second kappa shape index (κ2) is 9.17. The molecule has 0 aliphatic carbocycles. The average Bonchev–Trinajstić information content (AvgIpc) is 3.14. The normalized spacial score (nSPS) is 12.9. The lowest BCUT2D eigenvalue weighted by Crippen LogP contribution is -2.39. The Balaban J connectivity index is 1.58. The number of carbonyl (C=O) groups excluding carboxylic acids is 1. The third-order valence-electron chi connectivity index (χ3n) is 4.25. The molecule has 3 aromatic rings. The Kier molecular flexibility index (Phi) is 6.61. The fourth-order valence-electron chi connectivity index (χ4n) is 2.82. The van der Waals surface area contributed by atoms with Crippen molar-refractivity contribution < 1.29 is 27.4 Å². The minimum atomic E-state index is -5.02. The largest absolute Gasteiger partial charge is 0.490 e. The molecule has 1 atom stereocenters. The van der Waals surface area contributed by atoms with Gasteiger partial charge in [-0.1, -0.05) is 26.0 Å². The maximum atomic E-state index is 12.5. The van der Waals surface area contributed by atoms with Gasteiger partial charge in [-0.25, -0.2) is 9.78 Å². The van der Waals surface area contributed by atoms with Crippen LogP contribution in [0.4, 0.5) is 13.2 Å². The Hall–Kier alpha value is -3.07. The van der Waals surface area contributed by atoms with Crippen LogP contribution in [-0.4, -0.2) is 28.3 Å². The Morgan fingerprint density at radius 3 is 2.50 bits per heavy atom. The van der Waals surface area contributed by atoms with Crippen molar-refractivity contribution >= 4 is 17.0 Å². The molecule has 6 nitrogen and oxygen atoms in total. The number of ether oxygens (including phenoxy) is 2. The van der Waals surface area contributed by atoms with Crippen molar-refractivity contribution in [2.24, 2.45) is 5.92 Å². The molecule has 0 bridgehead atoms. The van der Waals surface area contributed by atoms with E-state index >= 15 is 0 Å². The van der Waals surface area contributed by atoms with Crippen molar-refractivity contribution in [2.45, 2.75) is 39.2 Å². The van der Waals surface area contributed by atoms with Crippen LogP contribution in [0.15, 0.2) is 48.8 Å². The summed E-state index contributed by atoms with van der Waals surface area (Å²) in [5.41, 5.74) is 2.51. The second-order valence-corrected chi connectivity index (χ2v) is 7.23. The molecule has 30 heavy (non-hydrogen) atoms. The predicted molar refractivity (Wildman–Crippen MR) is 105 cm³/mol. The number of aromatic nitrogens is 2. The molecule has 1 aromatic heterocycles. The number of hydrogen-bond donors (Lipinski definition) is 2. The number of alkyl halides is 3. The van der Waals surface area contributed by atoms with Gasteiger partial charge in [0.1, 0.15) is 11.5 Å². The predicted octanol–water partition coefficient (Wildman–Crippen LogP) is 4.92. The van der Waals surface area contributed by atoms with Crippen LogP contribution in [0.5, 0.6) is 11.5 Å². The number of benzene rings is 2. The average molecular weight is 421 g/mol. The van der Waals surface area contributed by atoms with Crippen molar-refractivity contribution in [2.75, 3.05) is 0 Å². The molecule has 160 valence electrons. The lowest BCUT2D eigenvalue weighted by molar-refractivity contribution is -0.207. The number of imidazole rings is 1. The van der Waals surface area contributed by atoms with Gasteiger partial charge < -0.3 is 14.5 Å². The van der Waals surface area contributed by atoms with Crippen LogP contribution in [0, 0.1) is 5.92 Å². The van der Waals surface area contributed by atoms with E-state index in [4.69, 9.17) is 4.74 Å². The van der Waals surface area contributed by atoms with Crippen molar-refractivity contribution in [3.8, 4) is 11.5 Å². The molecule has 1 heterocycles. The molecule has 0 aliphatic rings. The molecule has 0 saturated heterocycles. The standard InChI is InChI=1S/C21H22F3N3O3/c1-13(2)9-19(30-20(28)21(22,23)24)25-11-14-3-5-15(6-4-14)29-16-7-8-17-18(10-16)27-12-26-17/h3-8,10,12-13,19,25H,9,11H2,1-2H3,(H,26,27). The second-order valence-electron chi connectivity index (χ2n) is 7.23. The van der Waals surface area contributed by atoms with Crippen LogP contribution in [0.1, 0.15) is 25.8 Å². The molecule has 0 spiro atoms. The van der Waals surface area contributed by atoms with E-state index < -0.39 is 18.4 Å². The van der Waals surface area contributed by atoms with E-state index in [1.807, 2.05) is 32.0 Å². The van der Waals surface area contributed by atoms with Gasteiger partial charge in [-0.15, -0.1) is 0 Å². The van der Waals surface area contributed by atoms with E-state index in [1.165, 1.54) is 0 Å². The first-order chi connectivity index (χ1) is 14.2. The van der Waals surface area contributed by atoms with Gasteiger partial charge in [-0.2, -0.15) is 13.2 Å². The van der Waals surface area contributed by atoms with Crippen LogP contribution in [0.3, 0.4) is 0 Å². The van der Waals surface area contributed by atoms with Crippen molar-refractivity contribution in [1.29, 1.82) is 0 Å². The van der Waals surface area contributed by atoms with Gasteiger partial charge in [0.15, 0.2) is 6.23 Å². The van der Waals surface area contributed by atoms with Gasteiger partial charge in [0.2, 0.25) is 0 Å². The minimum absolute atomic E-state index is 0.0474. The van der Waals surface area contributed by atoms with Crippen LogP contribution < -0.4 is 10.1 Å². The quantitative estimate of drug-likeness (QED) is 0.399. The smallest absolute Gasteiger partial charge is 0.457 e. The first kappa shape index (κ1) is 21.6. The topological polar surface area (TPSA) is 76.2 Å². The number of rotatable bonds is 8. The Morgan fingerprint density at radius 1 is 1.13 bits per heavy atom. The number of halogens is 3. The summed E-state index contributed by atoms with van der Waals surface area (Å²) in [6.45, 7) is 3.91. The van der Waals surface area contributed by atoms with Gasteiger partial charge in [0.05, 0.1) is 17.4 Å². The maximum Gasteiger partial charge on any atom is 0.490 e. The Morgan fingerprint density at radius 2 is 1.83 bits per heavy atom. The van der Waals surface area contributed by atoms with E-state index in [-0.39, 0.29) is 18.9 Å². The third kappa shape index (κ3) is 5.96. The summed E-state index contributed by atoms with van der Waals surface area (Å²) in [5.74, 6) is -0.906. The van der Waals surface area contributed by atoms with E-state index in [1.54, 1.807) is 30.6 Å². The molecule has 2 N–H and O–H groups in total. The highest BCUT2D eigenvalue weighted by Gasteiger charge is 2.42. The number of nitrogens with zero attached hydrogens (tertiary/aromatic N) is 1. The summed E-state index contributed by atoms with van der Waals surface area (Å²) in [6, 6.07) is 12.6. The fraction of sp³-hybridized carbons (Fsp3) is 0.333. The molecule has 3 rings (SSSR count).